The van der Waals surface area contributed by atoms with Crippen molar-refractivity contribution in [3.63, 3.8) is 0 Å². The summed E-state index contributed by atoms with van der Waals surface area (Å²) in [5.74, 6) is -10.3. The van der Waals surface area contributed by atoms with Crippen molar-refractivity contribution >= 4 is 35.8 Å². The van der Waals surface area contributed by atoms with Crippen LogP contribution in [0, 0.1) is 0 Å². The number of nitrogens with two attached hydrogens (primary N) is 6. The average Bonchev–Trinajstić information content (AvgIpc) is 3.12. The second-order valence-electron chi connectivity index (χ2n) is 13.1. The molecular weight excluding hydrogens is 1290 g/mol. The zero-order chi connectivity index (χ0) is 41.1. The van der Waals surface area contributed by atoms with Gasteiger partial charge in [-0.05, 0) is 61.8 Å². The van der Waals surface area contributed by atoms with E-state index in [2.05, 4.69) is 0 Å². The van der Waals surface area contributed by atoms with Gasteiger partial charge in [-0.15, -0.1) is 0 Å². The molecule has 21 heteroatoms. The molecule has 2 aromatic rings. The molecule has 3 aliphatic carbocycles. The van der Waals surface area contributed by atoms with E-state index in [0.717, 1.165) is 62.8 Å². The summed E-state index contributed by atoms with van der Waals surface area (Å²) in [5, 5.41) is 62.6. The minimum absolute atomic E-state index is 0. The van der Waals surface area contributed by atoms with Crippen molar-refractivity contribution in [1.29, 1.82) is 0 Å². The predicted molar refractivity (Wildman–Crippen MR) is 182 cm³/mol. The summed E-state index contributed by atoms with van der Waals surface area (Å²) in [6.07, 6.45) is 14.4. The third-order valence-corrected chi connectivity index (χ3v) is 9.01. The van der Waals surface area contributed by atoms with Crippen LogP contribution in [0.15, 0.2) is 36.4 Å². The Kier molecular flexibility index (Phi) is 30.9. The van der Waals surface area contributed by atoms with Crippen molar-refractivity contribution in [2.24, 2.45) is 34.4 Å². The summed E-state index contributed by atoms with van der Waals surface area (Å²) in [6, 6.07) is 6.43. The number of rotatable bonds is 6. The molecule has 324 valence electrons. The normalized spacial score (nSPS) is 21.8. The molecule has 0 spiro atoms. The first-order chi connectivity index (χ1) is 25.3. The van der Waals surface area contributed by atoms with E-state index < -0.39 is 69.2 Å². The van der Waals surface area contributed by atoms with Crippen LogP contribution in [0.2, 0.25) is 0 Å². The van der Waals surface area contributed by atoms with Gasteiger partial charge in [-0.2, -0.15) is 0 Å². The van der Waals surface area contributed by atoms with Gasteiger partial charge in [0.15, 0.2) is 0 Å². The smallest absolute Gasteiger partial charge is 0.545 e. The summed E-state index contributed by atoms with van der Waals surface area (Å²) in [5.41, 5.74) is 30.2. The third-order valence-electron chi connectivity index (χ3n) is 9.01. The molecule has 57 heavy (non-hydrogen) atoms. The fraction of sp³-hybridized carbons (Fsp3) is 0.500. The van der Waals surface area contributed by atoms with Gasteiger partial charge < -0.3 is 93.8 Å². The first-order valence-corrected chi connectivity index (χ1v) is 17.4. The molecule has 6 atom stereocenters. The molecule has 0 saturated heterocycles. The molecule has 0 radical (unpaired) electrons. The first kappa shape index (κ1) is 58.4. The van der Waals surface area contributed by atoms with E-state index in [0.29, 0.717) is 12.1 Å². The minimum Gasteiger partial charge on any atom is -0.545 e. The van der Waals surface area contributed by atoms with Crippen LogP contribution in [0.5, 0.6) is 0 Å². The average molecular weight is 1340 g/mol. The zero-order valence-corrected chi connectivity index (χ0v) is 37.5. The maximum Gasteiger partial charge on any atom is 2.00 e. The summed E-state index contributed by atoms with van der Waals surface area (Å²) >= 11 is 0. The molecule has 3 fully saturated rings. The monoisotopic (exact) mass is 1340 g/mol. The standard InChI is InChI=1S/2C9H6O6.3C6H14N2.3Pt/c2*10-7(11)4-1-2-5(8(12)13)6(3-4)9(14)15;3*7-5-3-1-2-4-6(5)8;;;/h2*1-3H,(H,10,11)(H,12,13)(H,14,15);3*5-6H,1-4,7-8H2;;;/q;;;;;3*+2/p-6/t;;3*5-,6-;;;/m..111.../s1. The molecular formula is C36H48N6O12Pt3. The molecule has 2 aromatic carbocycles. The van der Waals surface area contributed by atoms with Crippen LogP contribution in [0.25, 0.3) is 0 Å². The number of carbonyl (C=O) groups is 6. The number of carboxylic acids is 6. The summed E-state index contributed by atoms with van der Waals surface area (Å²) < 4.78 is 0. The maximum atomic E-state index is 10.5. The van der Waals surface area contributed by atoms with E-state index >= 15 is 0 Å². The molecule has 0 bridgehead atoms. The molecule has 3 aliphatic rings. The summed E-state index contributed by atoms with van der Waals surface area (Å²) in [4.78, 5) is 62.6. The Morgan fingerprint density at radius 3 is 0.684 bits per heavy atom. The van der Waals surface area contributed by atoms with Crippen LogP contribution in [0.1, 0.15) is 139 Å². The maximum absolute atomic E-state index is 10.5. The van der Waals surface area contributed by atoms with Crippen LogP contribution in [-0.2, 0) is 63.2 Å². The quantitative estimate of drug-likeness (QED) is 0.157. The Labute approximate surface area is 373 Å². The van der Waals surface area contributed by atoms with Crippen LogP contribution in [0.4, 0.5) is 0 Å². The fourth-order valence-corrected chi connectivity index (χ4v) is 5.60. The van der Waals surface area contributed by atoms with E-state index in [1.54, 1.807) is 0 Å². The number of hydrogen-bond donors (Lipinski definition) is 6. The van der Waals surface area contributed by atoms with Crippen molar-refractivity contribution in [2.75, 3.05) is 0 Å². The first-order valence-electron chi connectivity index (χ1n) is 17.4. The van der Waals surface area contributed by atoms with Crippen LogP contribution < -0.4 is 65.0 Å². The Morgan fingerprint density at radius 1 is 0.351 bits per heavy atom. The van der Waals surface area contributed by atoms with Gasteiger partial charge in [0.05, 0.1) is 35.8 Å². The summed E-state index contributed by atoms with van der Waals surface area (Å²) in [7, 11) is 0. The molecule has 0 aliphatic heterocycles. The van der Waals surface area contributed by atoms with E-state index in [4.69, 9.17) is 34.4 Å². The molecule has 0 heterocycles. The minimum atomic E-state index is -1.79. The van der Waals surface area contributed by atoms with Crippen LogP contribution in [-0.4, -0.2) is 72.1 Å². The Hall–Kier alpha value is -2.92. The fourth-order valence-electron chi connectivity index (χ4n) is 5.60. The molecule has 0 unspecified atom stereocenters. The van der Waals surface area contributed by atoms with Crippen molar-refractivity contribution in [3.05, 3.63) is 69.8 Å². The van der Waals surface area contributed by atoms with Crippen LogP contribution >= 0.6 is 0 Å². The number of carboxylic acid groups (broad SMARTS) is 6. The third kappa shape index (κ3) is 21.6. The molecule has 0 aromatic heterocycles. The van der Waals surface area contributed by atoms with E-state index in [1.807, 2.05) is 0 Å². The molecule has 3 saturated carbocycles. The van der Waals surface area contributed by atoms with E-state index in [9.17, 15) is 59.4 Å². The van der Waals surface area contributed by atoms with Gasteiger partial charge >= 0.3 is 63.2 Å². The van der Waals surface area contributed by atoms with E-state index in [1.165, 1.54) is 38.5 Å². The van der Waals surface area contributed by atoms with Gasteiger partial charge in [-0.25, -0.2) is 0 Å². The SMILES string of the molecule is N[C@@H]1CCCC[C@H]1N.N[C@@H]1CCCC[C@H]1N.N[C@@H]1CCCC[C@H]1N.O=C([O-])c1ccc(C(=O)[O-])c(C(=O)[O-])c1.O=C([O-])c1ccc(C(=O)[O-])c(C(=O)[O-])c1.[Pt+2].[Pt+2].[Pt+2]. The number of hydrogen-bond acceptors (Lipinski definition) is 18. The second kappa shape index (κ2) is 30.2. The topological polar surface area (TPSA) is 397 Å². The van der Waals surface area contributed by atoms with Crippen LogP contribution in [0.3, 0.4) is 0 Å². The van der Waals surface area contributed by atoms with Gasteiger partial charge in [0.2, 0.25) is 0 Å². The van der Waals surface area contributed by atoms with Gasteiger partial charge in [0, 0.05) is 58.5 Å². The van der Waals surface area contributed by atoms with Crippen molar-refractivity contribution in [2.45, 2.75) is 113 Å². The molecule has 0 amide bonds. The molecule has 5 rings (SSSR count). The second-order valence-corrected chi connectivity index (χ2v) is 13.1. The number of aromatic carboxylic acids is 6. The van der Waals surface area contributed by atoms with Gasteiger partial charge in [0.25, 0.3) is 0 Å². The Morgan fingerprint density at radius 2 is 0.544 bits per heavy atom. The largest absolute Gasteiger partial charge is 2.00 e. The van der Waals surface area contributed by atoms with Gasteiger partial charge in [-0.1, -0.05) is 62.8 Å². The number of benzene rings is 2. The zero-order valence-electron chi connectivity index (χ0n) is 30.7. The Bertz CT molecular complexity index is 1440. The van der Waals surface area contributed by atoms with Crippen molar-refractivity contribution in [1.82, 2.24) is 0 Å². The number of carbonyl (C=O) groups excluding carboxylic acids is 6. The predicted octanol–water partition coefficient (Wildman–Crippen LogP) is -5.81. The Balaban J connectivity index is -0.000000650. The van der Waals surface area contributed by atoms with Crippen molar-refractivity contribution < 1.29 is 123 Å². The molecule has 12 N–H and O–H groups in total. The van der Waals surface area contributed by atoms with Gasteiger partial charge in [-0.3, -0.25) is 0 Å². The van der Waals surface area contributed by atoms with E-state index in [-0.39, 0.29) is 99.4 Å². The molecule has 18 nitrogen and oxygen atoms in total. The van der Waals surface area contributed by atoms with Gasteiger partial charge in [0.1, 0.15) is 0 Å². The summed E-state index contributed by atoms with van der Waals surface area (Å²) in [6.45, 7) is 0. The van der Waals surface area contributed by atoms with Crippen molar-refractivity contribution in [3.8, 4) is 0 Å².